The average molecular weight is 432 g/mol. The van der Waals surface area contributed by atoms with Gasteiger partial charge in [0.1, 0.15) is 11.5 Å². The van der Waals surface area contributed by atoms with Crippen molar-refractivity contribution in [1.82, 2.24) is 5.32 Å². The lowest BCUT2D eigenvalue weighted by atomic mass is 10.2. The molecule has 0 aromatic heterocycles. The quantitative estimate of drug-likeness (QED) is 0.509. The van der Waals surface area contributed by atoms with Crippen molar-refractivity contribution in [2.24, 2.45) is 4.99 Å². The van der Waals surface area contributed by atoms with E-state index in [2.05, 4.69) is 15.6 Å². The third-order valence-electron chi connectivity index (χ3n) is 4.55. The molecule has 1 amide bonds. The van der Waals surface area contributed by atoms with Gasteiger partial charge in [-0.2, -0.15) is 0 Å². The van der Waals surface area contributed by atoms with Gasteiger partial charge in [-0.3, -0.25) is 10.1 Å². The van der Waals surface area contributed by atoms with Gasteiger partial charge in [0.15, 0.2) is 0 Å². The standard InChI is InChI=1S/C22H26ClN3O4/c1-3-29-17-9-6-15(7-10-17)21(27)26-22(24-14-18-5-4-12-30-18)25-19-13-16(23)8-11-20(19)28-2/h6-11,13,18H,3-5,12,14H2,1-2H3,(H2,24,25,26,27)/t18-/m0/s1. The highest BCUT2D eigenvalue weighted by Crippen LogP contribution is 2.27. The molecule has 0 saturated carbocycles. The first-order valence-electron chi connectivity index (χ1n) is 9.90. The Balaban J connectivity index is 1.77. The second-order valence-corrected chi connectivity index (χ2v) is 7.14. The van der Waals surface area contributed by atoms with Crippen LogP contribution >= 0.6 is 11.6 Å². The van der Waals surface area contributed by atoms with Crippen LogP contribution in [0, 0.1) is 0 Å². The Morgan fingerprint density at radius 3 is 2.73 bits per heavy atom. The van der Waals surface area contributed by atoms with Crippen molar-refractivity contribution in [3.8, 4) is 11.5 Å². The minimum Gasteiger partial charge on any atom is -0.495 e. The summed E-state index contributed by atoms with van der Waals surface area (Å²) < 4.78 is 16.4. The zero-order valence-electron chi connectivity index (χ0n) is 17.1. The van der Waals surface area contributed by atoms with Crippen molar-refractivity contribution in [3.63, 3.8) is 0 Å². The zero-order valence-corrected chi connectivity index (χ0v) is 17.9. The molecule has 2 N–H and O–H groups in total. The first-order chi connectivity index (χ1) is 14.6. The van der Waals surface area contributed by atoms with Crippen LogP contribution in [0.2, 0.25) is 5.02 Å². The molecule has 0 unspecified atom stereocenters. The molecule has 30 heavy (non-hydrogen) atoms. The number of amides is 1. The summed E-state index contributed by atoms with van der Waals surface area (Å²) in [6.45, 7) is 3.66. The number of nitrogens with zero attached hydrogens (tertiary/aromatic N) is 1. The summed E-state index contributed by atoms with van der Waals surface area (Å²) in [5.41, 5.74) is 1.09. The number of halogens is 1. The summed E-state index contributed by atoms with van der Waals surface area (Å²) >= 11 is 6.13. The maximum Gasteiger partial charge on any atom is 0.257 e. The number of hydrogen-bond donors (Lipinski definition) is 2. The van der Waals surface area contributed by atoms with Gasteiger partial charge in [-0.05, 0) is 62.2 Å². The van der Waals surface area contributed by atoms with Crippen molar-refractivity contribution in [2.75, 3.05) is 32.2 Å². The molecule has 1 saturated heterocycles. The van der Waals surface area contributed by atoms with E-state index in [9.17, 15) is 4.79 Å². The Morgan fingerprint density at radius 1 is 1.27 bits per heavy atom. The number of methoxy groups -OCH3 is 1. The monoisotopic (exact) mass is 431 g/mol. The highest BCUT2D eigenvalue weighted by atomic mass is 35.5. The van der Waals surface area contributed by atoms with Gasteiger partial charge in [-0.15, -0.1) is 0 Å². The van der Waals surface area contributed by atoms with Crippen LogP contribution in [0.1, 0.15) is 30.1 Å². The van der Waals surface area contributed by atoms with E-state index in [4.69, 9.17) is 25.8 Å². The summed E-state index contributed by atoms with van der Waals surface area (Å²) in [5, 5.41) is 6.49. The van der Waals surface area contributed by atoms with Crippen molar-refractivity contribution in [3.05, 3.63) is 53.1 Å². The van der Waals surface area contributed by atoms with Gasteiger partial charge in [0.05, 0.1) is 32.1 Å². The van der Waals surface area contributed by atoms with E-state index in [1.807, 2.05) is 6.92 Å². The van der Waals surface area contributed by atoms with Gasteiger partial charge in [0.2, 0.25) is 5.96 Å². The minimum atomic E-state index is -0.294. The van der Waals surface area contributed by atoms with Gasteiger partial charge in [-0.25, -0.2) is 4.99 Å². The van der Waals surface area contributed by atoms with E-state index in [0.717, 1.165) is 19.4 Å². The normalized spacial score (nSPS) is 16.2. The Hall–Kier alpha value is -2.77. The molecular formula is C22H26ClN3O4. The first kappa shape index (κ1) is 21.9. The van der Waals surface area contributed by atoms with Gasteiger partial charge in [0, 0.05) is 17.2 Å². The number of ether oxygens (including phenoxy) is 3. The third-order valence-corrected chi connectivity index (χ3v) is 4.79. The largest absolute Gasteiger partial charge is 0.495 e. The molecule has 0 radical (unpaired) electrons. The molecule has 7 nitrogen and oxygen atoms in total. The fourth-order valence-electron chi connectivity index (χ4n) is 3.05. The number of carbonyl (C=O) groups is 1. The summed E-state index contributed by atoms with van der Waals surface area (Å²) in [4.78, 5) is 17.3. The van der Waals surface area contributed by atoms with Crippen molar-refractivity contribution in [2.45, 2.75) is 25.9 Å². The summed E-state index contributed by atoms with van der Waals surface area (Å²) in [6, 6.07) is 12.1. The number of rotatable bonds is 7. The second kappa shape index (κ2) is 10.8. The average Bonchev–Trinajstić information content (AvgIpc) is 3.26. The van der Waals surface area contributed by atoms with Crippen LogP contribution < -0.4 is 20.1 Å². The lowest BCUT2D eigenvalue weighted by Crippen LogP contribution is -2.36. The highest BCUT2D eigenvalue weighted by Gasteiger charge is 2.17. The zero-order chi connectivity index (χ0) is 21.3. The van der Waals surface area contributed by atoms with Crippen LogP contribution in [-0.4, -0.2) is 44.8 Å². The van der Waals surface area contributed by atoms with Crippen LogP contribution in [0.5, 0.6) is 11.5 Å². The van der Waals surface area contributed by atoms with E-state index in [-0.39, 0.29) is 12.0 Å². The van der Waals surface area contributed by atoms with Crippen molar-refractivity contribution < 1.29 is 19.0 Å². The smallest absolute Gasteiger partial charge is 0.257 e. The third kappa shape index (κ3) is 6.11. The van der Waals surface area contributed by atoms with E-state index in [0.29, 0.717) is 46.9 Å². The first-order valence-corrected chi connectivity index (χ1v) is 10.3. The molecule has 2 aromatic carbocycles. The van der Waals surface area contributed by atoms with Gasteiger partial charge in [-0.1, -0.05) is 11.6 Å². The molecule has 3 rings (SSSR count). The molecule has 8 heteroatoms. The van der Waals surface area contributed by atoms with Gasteiger partial charge >= 0.3 is 0 Å². The number of guanidine groups is 1. The number of carbonyl (C=O) groups excluding carboxylic acids is 1. The van der Waals surface area contributed by atoms with Crippen LogP contribution in [0.4, 0.5) is 5.69 Å². The molecule has 1 aliphatic heterocycles. The van der Waals surface area contributed by atoms with Crippen molar-refractivity contribution in [1.29, 1.82) is 0 Å². The molecule has 2 aromatic rings. The Kier molecular flexibility index (Phi) is 7.93. The van der Waals surface area contributed by atoms with Gasteiger partial charge in [0.25, 0.3) is 5.91 Å². The van der Waals surface area contributed by atoms with Crippen molar-refractivity contribution >= 4 is 29.2 Å². The summed E-state index contributed by atoms with van der Waals surface area (Å²) in [5.74, 6) is 1.30. The lowest BCUT2D eigenvalue weighted by Gasteiger charge is -2.16. The fraction of sp³-hybridized carbons (Fsp3) is 0.364. The van der Waals surface area contributed by atoms with Crippen LogP contribution in [0.15, 0.2) is 47.5 Å². The molecule has 1 atom stereocenters. The van der Waals surface area contributed by atoms with E-state index < -0.39 is 0 Å². The summed E-state index contributed by atoms with van der Waals surface area (Å²) in [6.07, 6.45) is 2.01. The lowest BCUT2D eigenvalue weighted by molar-refractivity contribution is 0.0975. The maximum atomic E-state index is 12.8. The molecule has 0 spiro atoms. The van der Waals surface area contributed by atoms with E-state index in [1.165, 1.54) is 0 Å². The molecular weight excluding hydrogens is 406 g/mol. The Morgan fingerprint density at radius 2 is 2.07 bits per heavy atom. The molecule has 0 aliphatic carbocycles. The fourth-order valence-corrected chi connectivity index (χ4v) is 3.22. The van der Waals surface area contributed by atoms with Crippen LogP contribution in [-0.2, 0) is 4.74 Å². The number of anilines is 1. The van der Waals surface area contributed by atoms with Gasteiger partial charge < -0.3 is 19.5 Å². The number of aliphatic imine (C=N–C) groups is 1. The highest BCUT2D eigenvalue weighted by molar-refractivity contribution is 6.31. The second-order valence-electron chi connectivity index (χ2n) is 6.71. The van der Waals surface area contributed by atoms with E-state index >= 15 is 0 Å². The number of hydrogen-bond acceptors (Lipinski definition) is 5. The number of benzene rings is 2. The topological polar surface area (TPSA) is 81.2 Å². The Bertz CT molecular complexity index is 880. The molecule has 1 heterocycles. The molecule has 160 valence electrons. The minimum absolute atomic E-state index is 0.0467. The van der Waals surface area contributed by atoms with Crippen LogP contribution in [0.3, 0.4) is 0 Å². The van der Waals surface area contributed by atoms with Crippen LogP contribution in [0.25, 0.3) is 0 Å². The SMILES string of the molecule is CCOc1ccc(C(=O)NC(=NC[C@@H]2CCCO2)Nc2cc(Cl)ccc2OC)cc1. The molecule has 0 bridgehead atoms. The maximum absolute atomic E-state index is 12.8. The number of nitrogens with one attached hydrogen (secondary N) is 2. The predicted octanol–water partition coefficient (Wildman–Crippen LogP) is 4.12. The molecule has 1 aliphatic rings. The Labute approximate surface area is 181 Å². The van der Waals surface area contributed by atoms with E-state index in [1.54, 1.807) is 49.6 Å². The predicted molar refractivity (Wildman–Crippen MR) is 118 cm³/mol. The summed E-state index contributed by atoms with van der Waals surface area (Å²) in [7, 11) is 1.57. The molecule has 1 fully saturated rings.